The van der Waals surface area contributed by atoms with Crippen LogP contribution in [-0.4, -0.2) is 41.9 Å². The molecule has 0 spiro atoms. The van der Waals surface area contributed by atoms with Crippen LogP contribution in [0.1, 0.15) is 12.5 Å². The van der Waals surface area contributed by atoms with Crippen LogP contribution >= 0.6 is 0 Å². The first kappa shape index (κ1) is 13.8. The third kappa shape index (κ3) is 2.69. The number of aliphatic hydroxyl groups excluding tert-OH is 1. The summed E-state index contributed by atoms with van der Waals surface area (Å²) in [5.41, 5.74) is 1.37. The number of para-hydroxylation sites is 1. The quantitative estimate of drug-likeness (QED) is 0.662. The second-order valence-corrected chi connectivity index (χ2v) is 4.84. The summed E-state index contributed by atoms with van der Waals surface area (Å²) in [5.74, 6) is 0. The molecule has 1 aromatic carbocycles. The third-order valence-electron chi connectivity index (χ3n) is 3.42. The minimum atomic E-state index is -0.346. The molecule has 104 valence electrons. The van der Waals surface area contributed by atoms with E-state index in [0.717, 1.165) is 0 Å². The van der Waals surface area contributed by atoms with Crippen LogP contribution in [-0.2, 0) is 4.74 Å². The molecule has 2 rings (SSSR count). The number of ether oxygens (including phenoxy) is 1. The summed E-state index contributed by atoms with van der Waals surface area (Å²) in [7, 11) is 0. The van der Waals surface area contributed by atoms with E-state index in [4.69, 9.17) is 4.74 Å². The molecule has 1 N–H and O–H groups in total. The fourth-order valence-electron chi connectivity index (χ4n) is 2.38. The Balaban J connectivity index is 2.39. The van der Waals surface area contributed by atoms with E-state index in [2.05, 4.69) is 0 Å². The van der Waals surface area contributed by atoms with Crippen molar-refractivity contribution in [3.63, 3.8) is 0 Å². The first-order valence-corrected chi connectivity index (χ1v) is 6.27. The molecule has 2 unspecified atom stereocenters. The molecule has 1 aliphatic rings. The molecule has 0 aromatic heterocycles. The molecular weight excluding hydrogens is 248 g/mol. The molecule has 2 atom stereocenters. The van der Waals surface area contributed by atoms with Crippen molar-refractivity contribution in [2.75, 3.05) is 24.7 Å². The SMILES string of the molecule is Cc1cccc(N2CC(CO)OCC2C)c1[N+](=O)[O-]. The summed E-state index contributed by atoms with van der Waals surface area (Å²) in [4.78, 5) is 12.8. The zero-order chi connectivity index (χ0) is 14.0. The lowest BCUT2D eigenvalue weighted by molar-refractivity contribution is -0.384. The second-order valence-electron chi connectivity index (χ2n) is 4.84. The number of morpholine rings is 1. The molecule has 1 heterocycles. The van der Waals surface area contributed by atoms with Crippen molar-refractivity contribution >= 4 is 11.4 Å². The average molecular weight is 266 g/mol. The molecule has 0 bridgehead atoms. The third-order valence-corrected chi connectivity index (χ3v) is 3.42. The van der Waals surface area contributed by atoms with Crippen LogP contribution in [0, 0.1) is 17.0 Å². The highest BCUT2D eigenvalue weighted by atomic mass is 16.6. The lowest BCUT2D eigenvalue weighted by Crippen LogP contribution is -2.49. The standard InChI is InChI=1S/C13H18N2O4/c1-9-4-3-5-12(13(9)15(17)18)14-6-11(7-16)19-8-10(14)2/h3-5,10-11,16H,6-8H2,1-2H3. The van der Waals surface area contributed by atoms with Crippen molar-refractivity contribution in [3.8, 4) is 0 Å². The largest absolute Gasteiger partial charge is 0.394 e. The maximum absolute atomic E-state index is 11.2. The number of aryl methyl sites for hydroxylation is 1. The maximum Gasteiger partial charge on any atom is 0.295 e. The Labute approximate surface area is 111 Å². The van der Waals surface area contributed by atoms with E-state index in [9.17, 15) is 15.2 Å². The Bertz CT molecular complexity index is 478. The molecule has 1 fully saturated rings. The van der Waals surface area contributed by atoms with Gasteiger partial charge >= 0.3 is 0 Å². The number of aliphatic hydroxyl groups is 1. The highest BCUT2D eigenvalue weighted by Crippen LogP contribution is 2.33. The molecule has 0 aliphatic carbocycles. The molecule has 19 heavy (non-hydrogen) atoms. The van der Waals surface area contributed by atoms with Gasteiger partial charge in [-0.1, -0.05) is 12.1 Å². The topological polar surface area (TPSA) is 75.8 Å². The van der Waals surface area contributed by atoms with Gasteiger partial charge in [0.05, 0.1) is 24.2 Å². The van der Waals surface area contributed by atoms with Gasteiger partial charge in [-0.25, -0.2) is 0 Å². The fourth-order valence-corrected chi connectivity index (χ4v) is 2.38. The fraction of sp³-hybridized carbons (Fsp3) is 0.538. The van der Waals surface area contributed by atoms with E-state index in [1.807, 2.05) is 17.9 Å². The van der Waals surface area contributed by atoms with Gasteiger partial charge in [0.25, 0.3) is 5.69 Å². The van der Waals surface area contributed by atoms with Crippen molar-refractivity contribution in [2.24, 2.45) is 0 Å². The monoisotopic (exact) mass is 266 g/mol. The van der Waals surface area contributed by atoms with Crippen molar-refractivity contribution in [1.29, 1.82) is 0 Å². The number of benzene rings is 1. The summed E-state index contributed by atoms with van der Waals surface area (Å²) in [6, 6.07) is 5.34. The Morgan fingerprint density at radius 3 is 2.95 bits per heavy atom. The predicted molar refractivity (Wildman–Crippen MR) is 71.5 cm³/mol. The van der Waals surface area contributed by atoms with Gasteiger partial charge in [-0.05, 0) is 19.9 Å². The van der Waals surface area contributed by atoms with E-state index in [1.165, 1.54) is 0 Å². The normalized spacial score (nSPS) is 23.4. The summed E-state index contributed by atoms with van der Waals surface area (Å²) >= 11 is 0. The Kier molecular flexibility index (Phi) is 4.01. The minimum Gasteiger partial charge on any atom is -0.394 e. The van der Waals surface area contributed by atoms with Gasteiger partial charge in [0.15, 0.2) is 0 Å². The maximum atomic E-state index is 11.2. The number of nitro groups is 1. The van der Waals surface area contributed by atoms with E-state index in [1.54, 1.807) is 19.1 Å². The highest BCUT2D eigenvalue weighted by Gasteiger charge is 2.30. The van der Waals surface area contributed by atoms with Gasteiger partial charge in [0.1, 0.15) is 5.69 Å². The van der Waals surface area contributed by atoms with Crippen molar-refractivity contribution < 1.29 is 14.8 Å². The van der Waals surface area contributed by atoms with Crippen LogP contribution in [0.15, 0.2) is 18.2 Å². The molecule has 0 saturated carbocycles. The number of nitrogens with zero attached hydrogens (tertiary/aromatic N) is 2. The van der Waals surface area contributed by atoms with E-state index < -0.39 is 0 Å². The summed E-state index contributed by atoms with van der Waals surface area (Å²) in [6.45, 7) is 4.52. The lowest BCUT2D eigenvalue weighted by atomic mass is 10.1. The van der Waals surface area contributed by atoms with Crippen LogP contribution < -0.4 is 4.90 Å². The Hall–Kier alpha value is -1.66. The molecule has 1 aliphatic heterocycles. The zero-order valence-corrected chi connectivity index (χ0v) is 11.1. The summed E-state index contributed by atoms with van der Waals surface area (Å²) in [6.07, 6.45) is -0.295. The molecule has 6 heteroatoms. The van der Waals surface area contributed by atoms with Gasteiger partial charge in [-0.15, -0.1) is 0 Å². The molecule has 0 amide bonds. The number of hydrogen-bond acceptors (Lipinski definition) is 5. The highest BCUT2D eigenvalue weighted by molar-refractivity contribution is 5.67. The van der Waals surface area contributed by atoms with Crippen molar-refractivity contribution in [3.05, 3.63) is 33.9 Å². The lowest BCUT2D eigenvalue weighted by Gasteiger charge is -2.38. The first-order valence-electron chi connectivity index (χ1n) is 6.27. The second kappa shape index (κ2) is 5.54. The number of nitro benzene ring substituents is 1. The van der Waals surface area contributed by atoms with Crippen molar-refractivity contribution in [2.45, 2.75) is 26.0 Å². The zero-order valence-electron chi connectivity index (χ0n) is 11.1. The van der Waals surface area contributed by atoms with E-state index in [-0.39, 0.29) is 29.4 Å². The molecule has 0 radical (unpaired) electrons. The van der Waals surface area contributed by atoms with Gasteiger partial charge < -0.3 is 14.7 Å². The van der Waals surface area contributed by atoms with Gasteiger partial charge in [0.2, 0.25) is 0 Å². The van der Waals surface area contributed by atoms with Crippen LogP contribution in [0.4, 0.5) is 11.4 Å². The summed E-state index contributed by atoms with van der Waals surface area (Å²) < 4.78 is 5.46. The Morgan fingerprint density at radius 2 is 2.32 bits per heavy atom. The van der Waals surface area contributed by atoms with E-state index in [0.29, 0.717) is 24.4 Å². The number of hydrogen-bond donors (Lipinski definition) is 1. The van der Waals surface area contributed by atoms with Gasteiger partial charge in [-0.2, -0.15) is 0 Å². The Morgan fingerprint density at radius 1 is 1.58 bits per heavy atom. The minimum absolute atomic E-state index is 0.0447. The first-order chi connectivity index (χ1) is 9.04. The molecule has 1 saturated heterocycles. The number of anilines is 1. The van der Waals surface area contributed by atoms with Crippen LogP contribution in [0.3, 0.4) is 0 Å². The average Bonchev–Trinajstić information content (AvgIpc) is 2.38. The van der Waals surface area contributed by atoms with Gasteiger partial charge in [0, 0.05) is 18.2 Å². The molecule has 6 nitrogen and oxygen atoms in total. The van der Waals surface area contributed by atoms with Crippen molar-refractivity contribution in [1.82, 2.24) is 0 Å². The van der Waals surface area contributed by atoms with Gasteiger partial charge in [-0.3, -0.25) is 10.1 Å². The van der Waals surface area contributed by atoms with Crippen LogP contribution in [0.5, 0.6) is 0 Å². The van der Waals surface area contributed by atoms with E-state index >= 15 is 0 Å². The molecule has 1 aromatic rings. The predicted octanol–water partition coefficient (Wildman–Crippen LogP) is 1.49. The summed E-state index contributed by atoms with van der Waals surface area (Å²) in [5, 5.41) is 20.4. The van der Waals surface area contributed by atoms with Crippen LogP contribution in [0.2, 0.25) is 0 Å². The number of rotatable bonds is 3. The molecular formula is C13H18N2O4. The van der Waals surface area contributed by atoms with Crippen LogP contribution in [0.25, 0.3) is 0 Å². The smallest absolute Gasteiger partial charge is 0.295 e.